The molecule has 2 aromatic rings. The van der Waals surface area contributed by atoms with Crippen LogP contribution in [0.2, 0.25) is 0 Å². The SMILES string of the molecule is CCNc1c(C(=O)OCC)cnc2ccc(N(C)C)cc12. The van der Waals surface area contributed by atoms with Crippen LogP contribution in [0.3, 0.4) is 0 Å². The number of carbonyl (C=O) groups excluding carboxylic acids is 1. The lowest BCUT2D eigenvalue weighted by molar-refractivity contribution is 0.0527. The fourth-order valence-corrected chi connectivity index (χ4v) is 2.19. The summed E-state index contributed by atoms with van der Waals surface area (Å²) in [4.78, 5) is 18.5. The maximum atomic E-state index is 12.1. The number of hydrogen-bond donors (Lipinski definition) is 1. The second-order valence-corrected chi connectivity index (χ2v) is 4.89. The van der Waals surface area contributed by atoms with E-state index in [1.807, 2.05) is 44.1 Å². The van der Waals surface area contributed by atoms with Gasteiger partial charge in [-0.25, -0.2) is 4.79 Å². The van der Waals surface area contributed by atoms with Crippen LogP contribution < -0.4 is 10.2 Å². The molecule has 0 bridgehead atoms. The number of anilines is 2. The fourth-order valence-electron chi connectivity index (χ4n) is 2.19. The van der Waals surface area contributed by atoms with E-state index < -0.39 is 0 Å². The summed E-state index contributed by atoms with van der Waals surface area (Å²) < 4.78 is 5.11. The number of fused-ring (bicyclic) bond motifs is 1. The van der Waals surface area contributed by atoms with Gasteiger partial charge >= 0.3 is 5.97 Å². The maximum Gasteiger partial charge on any atom is 0.341 e. The highest BCUT2D eigenvalue weighted by atomic mass is 16.5. The lowest BCUT2D eigenvalue weighted by atomic mass is 10.1. The summed E-state index contributed by atoms with van der Waals surface area (Å²) in [7, 11) is 3.97. The van der Waals surface area contributed by atoms with Gasteiger partial charge < -0.3 is 15.0 Å². The largest absolute Gasteiger partial charge is 0.462 e. The van der Waals surface area contributed by atoms with E-state index in [4.69, 9.17) is 4.74 Å². The summed E-state index contributed by atoms with van der Waals surface area (Å²) in [5.41, 5.74) is 3.17. The van der Waals surface area contributed by atoms with Crippen LogP contribution in [0.25, 0.3) is 10.9 Å². The highest BCUT2D eigenvalue weighted by Gasteiger charge is 2.16. The Morgan fingerprint density at radius 3 is 2.71 bits per heavy atom. The number of pyridine rings is 1. The second kappa shape index (κ2) is 6.43. The van der Waals surface area contributed by atoms with Crippen LogP contribution in [0.1, 0.15) is 24.2 Å². The Labute approximate surface area is 124 Å². The highest BCUT2D eigenvalue weighted by Crippen LogP contribution is 2.29. The molecular formula is C16H21N3O2. The molecule has 0 saturated heterocycles. The molecule has 0 saturated carbocycles. The zero-order valence-corrected chi connectivity index (χ0v) is 12.9. The second-order valence-electron chi connectivity index (χ2n) is 4.89. The van der Waals surface area contributed by atoms with E-state index in [-0.39, 0.29) is 5.97 Å². The first-order valence-corrected chi connectivity index (χ1v) is 7.09. The minimum atomic E-state index is -0.349. The molecule has 0 aliphatic carbocycles. The highest BCUT2D eigenvalue weighted by molar-refractivity contribution is 6.05. The third-order valence-corrected chi connectivity index (χ3v) is 3.22. The molecule has 0 fully saturated rings. The van der Waals surface area contributed by atoms with E-state index in [1.54, 1.807) is 13.1 Å². The first kappa shape index (κ1) is 15.1. The lowest BCUT2D eigenvalue weighted by Crippen LogP contribution is -2.12. The molecule has 1 aromatic heterocycles. The van der Waals surface area contributed by atoms with Crippen molar-refractivity contribution >= 4 is 28.2 Å². The van der Waals surface area contributed by atoms with Gasteiger partial charge in [-0.3, -0.25) is 4.98 Å². The first-order valence-electron chi connectivity index (χ1n) is 7.09. The van der Waals surface area contributed by atoms with Gasteiger partial charge in [-0.1, -0.05) is 0 Å². The van der Waals surface area contributed by atoms with Crippen molar-refractivity contribution in [3.63, 3.8) is 0 Å². The van der Waals surface area contributed by atoms with Gasteiger partial charge in [-0.05, 0) is 32.0 Å². The van der Waals surface area contributed by atoms with Crippen molar-refractivity contribution in [2.24, 2.45) is 0 Å². The minimum Gasteiger partial charge on any atom is -0.462 e. The number of nitrogens with zero attached hydrogens (tertiary/aromatic N) is 2. The van der Waals surface area contributed by atoms with Crippen molar-refractivity contribution in [1.82, 2.24) is 4.98 Å². The third kappa shape index (κ3) is 3.07. The summed E-state index contributed by atoms with van der Waals surface area (Å²) in [6, 6.07) is 6.00. The van der Waals surface area contributed by atoms with Gasteiger partial charge in [0.1, 0.15) is 5.56 Å². The predicted molar refractivity (Wildman–Crippen MR) is 86.2 cm³/mol. The normalized spacial score (nSPS) is 10.5. The van der Waals surface area contributed by atoms with Crippen LogP contribution in [0.5, 0.6) is 0 Å². The van der Waals surface area contributed by atoms with E-state index in [1.165, 1.54) is 0 Å². The molecule has 1 aromatic carbocycles. The lowest BCUT2D eigenvalue weighted by Gasteiger charge is -2.16. The Balaban J connectivity index is 2.64. The molecule has 2 rings (SSSR count). The Hall–Kier alpha value is -2.30. The molecule has 0 spiro atoms. The van der Waals surface area contributed by atoms with Crippen LogP contribution in [0.4, 0.5) is 11.4 Å². The van der Waals surface area contributed by atoms with Gasteiger partial charge in [-0.2, -0.15) is 0 Å². The number of hydrogen-bond acceptors (Lipinski definition) is 5. The smallest absolute Gasteiger partial charge is 0.341 e. The van der Waals surface area contributed by atoms with E-state index in [2.05, 4.69) is 10.3 Å². The summed E-state index contributed by atoms with van der Waals surface area (Å²) in [5.74, 6) is -0.349. The van der Waals surface area contributed by atoms with Gasteiger partial charge in [0.25, 0.3) is 0 Å². The molecule has 0 aliphatic rings. The van der Waals surface area contributed by atoms with Gasteiger partial charge in [0.05, 0.1) is 17.8 Å². The monoisotopic (exact) mass is 287 g/mol. The molecule has 0 radical (unpaired) electrons. The van der Waals surface area contributed by atoms with Crippen molar-refractivity contribution < 1.29 is 9.53 Å². The number of rotatable bonds is 5. The number of nitrogens with one attached hydrogen (secondary N) is 1. The Morgan fingerprint density at radius 2 is 2.10 bits per heavy atom. The fraction of sp³-hybridized carbons (Fsp3) is 0.375. The molecule has 5 heteroatoms. The molecule has 112 valence electrons. The summed E-state index contributed by atoms with van der Waals surface area (Å²) >= 11 is 0. The van der Waals surface area contributed by atoms with E-state index >= 15 is 0 Å². The van der Waals surface area contributed by atoms with Crippen LogP contribution in [0.15, 0.2) is 24.4 Å². The average molecular weight is 287 g/mol. The van der Waals surface area contributed by atoms with Crippen LogP contribution in [-0.2, 0) is 4.74 Å². The molecule has 5 nitrogen and oxygen atoms in total. The summed E-state index contributed by atoms with van der Waals surface area (Å²) in [5, 5.41) is 4.19. The minimum absolute atomic E-state index is 0.347. The van der Waals surface area contributed by atoms with E-state index in [0.29, 0.717) is 12.2 Å². The molecule has 0 aliphatic heterocycles. The van der Waals surface area contributed by atoms with Crippen molar-refractivity contribution in [2.45, 2.75) is 13.8 Å². The zero-order chi connectivity index (χ0) is 15.4. The number of carbonyl (C=O) groups is 1. The van der Waals surface area contributed by atoms with Gasteiger partial charge in [0.15, 0.2) is 0 Å². The Kier molecular flexibility index (Phi) is 4.62. The van der Waals surface area contributed by atoms with Crippen LogP contribution in [-0.4, -0.2) is 38.2 Å². The standard InChI is InChI=1S/C16H21N3O2/c1-5-17-15-12-9-11(19(3)4)7-8-14(12)18-10-13(15)16(20)21-6-2/h7-10H,5-6H2,1-4H3,(H,17,18). The average Bonchev–Trinajstić information content (AvgIpc) is 2.47. The van der Waals surface area contributed by atoms with Crippen molar-refractivity contribution in [1.29, 1.82) is 0 Å². The molecule has 0 amide bonds. The zero-order valence-electron chi connectivity index (χ0n) is 12.9. The Bertz CT molecular complexity index is 653. The third-order valence-electron chi connectivity index (χ3n) is 3.22. The van der Waals surface area contributed by atoms with Gasteiger partial charge in [0, 0.05) is 37.9 Å². The van der Waals surface area contributed by atoms with Crippen molar-refractivity contribution in [3.05, 3.63) is 30.0 Å². The number of ether oxygens (including phenoxy) is 1. The topological polar surface area (TPSA) is 54.5 Å². The molecular weight excluding hydrogens is 266 g/mol. The Morgan fingerprint density at radius 1 is 1.33 bits per heavy atom. The molecule has 0 atom stereocenters. The van der Waals surface area contributed by atoms with Crippen molar-refractivity contribution in [2.75, 3.05) is 37.5 Å². The molecule has 0 unspecified atom stereocenters. The summed E-state index contributed by atoms with van der Waals surface area (Å²) in [6.45, 7) is 4.86. The van der Waals surface area contributed by atoms with E-state index in [0.717, 1.165) is 28.8 Å². The summed E-state index contributed by atoms with van der Waals surface area (Å²) in [6.07, 6.45) is 1.58. The van der Waals surface area contributed by atoms with Crippen molar-refractivity contribution in [3.8, 4) is 0 Å². The predicted octanol–water partition coefficient (Wildman–Crippen LogP) is 2.91. The van der Waals surface area contributed by atoms with Crippen LogP contribution in [0, 0.1) is 0 Å². The maximum absolute atomic E-state index is 12.1. The number of esters is 1. The number of benzene rings is 1. The van der Waals surface area contributed by atoms with Gasteiger partial charge in [0.2, 0.25) is 0 Å². The molecule has 1 N–H and O–H groups in total. The number of aromatic nitrogens is 1. The molecule has 21 heavy (non-hydrogen) atoms. The quantitative estimate of drug-likeness (QED) is 0.857. The molecule has 1 heterocycles. The first-order chi connectivity index (χ1) is 10.1. The van der Waals surface area contributed by atoms with E-state index in [9.17, 15) is 4.79 Å². The van der Waals surface area contributed by atoms with Gasteiger partial charge in [-0.15, -0.1) is 0 Å². The van der Waals surface area contributed by atoms with Crippen LogP contribution >= 0.6 is 0 Å².